The number of amides is 6. The molecule has 0 spiro atoms. The Morgan fingerprint density at radius 1 is 0.395 bits per heavy atom. The van der Waals surface area contributed by atoms with Crippen LogP contribution >= 0.6 is 0 Å². The Morgan fingerprint density at radius 2 is 0.651 bits per heavy atom. The zero-order chi connectivity index (χ0) is 31.2. The number of carbonyl (C=O) groups excluding carboxylic acids is 6. The van der Waals surface area contributed by atoms with Gasteiger partial charge < -0.3 is 16.0 Å². The molecule has 0 bridgehead atoms. The number of hydrogen-bond acceptors (Lipinski definition) is 9. The van der Waals surface area contributed by atoms with Crippen molar-refractivity contribution in [1.82, 2.24) is 31.1 Å². The predicted molar refractivity (Wildman–Crippen MR) is 149 cm³/mol. The van der Waals surface area contributed by atoms with Gasteiger partial charge in [-0.3, -0.25) is 44.4 Å². The number of carbonyl (C=O) groups is 6. The van der Waals surface area contributed by atoms with Crippen LogP contribution < -0.4 is 16.0 Å². The van der Waals surface area contributed by atoms with E-state index in [1.165, 1.54) is 0 Å². The van der Waals surface area contributed by atoms with Gasteiger partial charge in [-0.2, -0.15) is 0 Å². The molecule has 0 saturated carbocycles. The monoisotopic (exact) mass is 664 g/mol. The number of rotatable bonds is 0. The zero-order valence-electron chi connectivity index (χ0n) is 25.2. The first-order chi connectivity index (χ1) is 20.1. The molecule has 16 heteroatoms. The molecule has 242 valence electrons. The van der Waals surface area contributed by atoms with Crippen LogP contribution in [0.15, 0.2) is 0 Å². The van der Waals surface area contributed by atoms with Crippen LogP contribution in [-0.2, 0) is 48.2 Å². The molecule has 6 amide bonds. The van der Waals surface area contributed by atoms with E-state index in [0.717, 1.165) is 0 Å². The average Bonchev–Trinajstić information content (AvgIpc) is 2.97. The van der Waals surface area contributed by atoms with Crippen LogP contribution in [0, 0.1) is 0 Å². The average molecular weight is 666 g/mol. The van der Waals surface area contributed by atoms with Crippen LogP contribution in [0.25, 0.3) is 0 Å². The van der Waals surface area contributed by atoms with Gasteiger partial charge in [-0.05, 0) is 57.8 Å². The number of hydrogen-bond donors (Lipinski definition) is 6. The number of nitrogens with zero attached hydrogens (tertiary/aromatic N) is 3. The largest absolute Gasteiger partial charge is 0.356 e. The third kappa shape index (κ3) is 20.8. The van der Waals surface area contributed by atoms with Crippen LogP contribution in [-0.4, -0.2) is 106 Å². The second-order valence-electron chi connectivity index (χ2n) is 10.3. The van der Waals surface area contributed by atoms with Crippen LogP contribution in [0.4, 0.5) is 0 Å². The Hall–Kier alpha value is -2.68. The fourth-order valence-electron chi connectivity index (χ4n) is 4.06. The molecule has 1 aliphatic rings. The SMILES string of the molecule is O=C1CCC(=O)N(O)CCCCCNC(=O)CCC(=O)N(O)CCCCCNC(=O)CCC(=O)N(O)CCCCCN1.[Zn]. The van der Waals surface area contributed by atoms with Crippen molar-refractivity contribution in [3.8, 4) is 0 Å². The van der Waals surface area contributed by atoms with Gasteiger partial charge in [0.15, 0.2) is 0 Å². The van der Waals surface area contributed by atoms with Crippen molar-refractivity contribution < 1.29 is 63.9 Å². The molecule has 1 heterocycles. The molecule has 43 heavy (non-hydrogen) atoms. The van der Waals surface area contributed by atoms with Gasteiger partial charge in [0, 0.05) is 97.3 Å². The Balaban J connectivity index is 0.0000176. The van der Waals surface area contributed by atoms with Crippen molar-refractivity contribution in [2.24, 2.45) is 0 Å². The smallest absolute Gasteiger partial charge is 0.246 e. The summed E-state index contributed by atoms with van der Waals surface area (Å²) in [5, 5.41) is 39.5. The third-order valence-electron chi connectivity index (χ3n) is 6.67. The molecular weight excluding hydrogens is 618 g/mol. The van der Waals surface area contributed by atoms with Gasteiger partial charge in [0.2, 0.25) is 35.4 Å². The molecule has 0 atom stereocenters. The van der Waals surface area contributed by atoms with Gasteiger partial charge >= 0.3 is 0 Å². The van der Waals surface area contributed by atoms with Crippen molar-refractivity contribution in [2.45, 2.75) is 96.3 Å². The van der Waals surface area contributed by atoms with E-state index in [1.807, 2.05) is 0 Å². The maximum Gasteiger partial charge on any atom is 0.246 e. The molecule has 15 nitrogen and oxygen atoms in total. The van der Waals surface area contributed by atoms with E-state index in [9.17, 15) is 44.4 Å². The predicted octanol–water partition coefficient (Wildman–Crippen LogP) is 0.851. The van der Waals surface area contributed by atoms with Crippen molar-refractivity contribution in [2.75, 3.05) is 39.3 Å². The molecule has 1 aliphatic heterocycles. The first-order valence-electron chi connectivity index (χ1n) is 14.9. The van der Waals surface area contributed by atoms with E-state index in [2.05, 4.69) is 16.0 Å². The van der Waals surface area contributed by atoms with E-state index in [0.29, 0.717) is 92.6 Å². The normalized spacial score (nSPS) is 20.9. The van der Waals surface area contributed by atoms with Crippen molar-refractivity contribution in [1.29, 1.82) is 0 Å². The molecule has 0 radical (unpaired) electrons. The van der Waals surface area contributed by atoms with Gasteiger partial charge in [-0.15, -0.1) is 0 Å². The summed E-state index contributed by atoms with van der Waals surface area (Å²) in [6, 6.07) is 0. The van der Waals surface area contributed by atoms with E-state index in [4.69, 9.17) is 0 Å². The van der Waals surface area contributed by atoms with E-state index < -0.39 is 17.7 Å². The maximum absolute atomic E-state index is 12.0. The number of nitrogens with one attached hydrogen (secondary N) is 3. The second kappa shape index (κ2) is 24.7. The molecule has 0 aliphatic carbocycles. The molecule has 0 aromatic rings. The fourth-order valence-corrected chi connectivity index (χ4v) is 4.06. The molecule has 0 aromatic carbocycles. The summed E-state index contributed by atoms with van der Waals surface area (Å²) in [5.74, 6) is -2.65. The van der Waals surface area contributed by atoms with Gasteiger partial charge in [0.05, 0.1) is 0 Å². The molecule has 0 aromatic heterocycles. The Labute approximate surface area is 265 Å². The van der Waals surface area contributed by atoms with Crippen LogP contribution in [0.2, 0.25) is 0 Å². The first-order valence-corrected chi connectivity index (χ1v) is 14.9. The Morgan fingerprint density at radius 3 is 0.907 bits per heavy atom. The fraction of sp³-hybridized carbons (Fsp3) is 0.778. The van der Waals surface area contributed by atoms with Crippen molar-refractivity contribution in [3.63, 3.8) is 0 Å². The Kier molecular flexibility index (Phi) is 23.2. The molecule has 1 fully saturated rings. The summed E-state index contributed by atoms with van der Waals surface area (Å²) in [4.78, 5) is 72.0. The van der Waals surface area contributed by atoms with E-state index in [1.54, 1.807) is 0 Å². The minimum Gasteiger partial charge on any atom is -0.356 e. The zero-order valence-corrected chi connectivity index (χ0v) is 28.2. The van der Waals surface area contributed by atoms with Crippen molar-refractivity contribution in [3.05, 3.63) is 0 Å². The number of hydroxylamine groups is 6. The van der Waals surface area contributed by atoms with Gasteiger partial charge in [-0.1, -0.05) is 0 Å². The van der Waals surface area contributed by atoms with Gasteiger partial charge in [0.25, 0.3) is 0 Å². The third-order valence-corrected chi connectivity index (χ3v) is 6.67. The summed E-state index contributed by atoms with van der Waals surface area (Å²) >= 11 is 0. The van der Waals surface area contributed by atoms with Gasteiger partial charge in [0.1, 0.15) is 0 Å². The molecular formula is C27H48N6O9Zn. The summed E-state index contributed by atoms with van der Waals surface area (Å²) in [7, 11) is 0. The summed E-state index contributed by atoms with van der Waals surface area (Å²) < 4.78 is 0. The molecule has 0 unspecified atom stereocenters. The maximum atomic E-state index is 12.0. The van der Waals surface area contributed by atoms with Crippen LogP contribution in [0.5, 0.6) is 0 Å². The van der Waals surface area contributed by atoms with Gasteiger partial charge in [-0.25, -0.2) is 15.2 Å². The van der Waals surface area contributed by atoms with E-state index >= 15 is 0 Å². The minimum absolute atomic E-state index is 0. The standard InChI is InChI=1S/C27H48N6O9.Zn/c34-22-10-14-26(38)32(41)20-8-3-6-18-30-24(36)12-15-27(39)33(42)21-9-2-5-17-29-23(35)11-13-25(37)31(40)19-7-1-4-16-28-22;/h40-42H,1-21H2,(H,28,34)(H,29,35)(H,30,36);. The summed E-state index contributed by atoms with van der Waals surface area (Å²) in [6.07, 6.45) is 4.67. The van der Waals surface area contributed by atoms with E-state index in [-0.39, 0.29) is 95.4 Å². The minimum atomic E-state index is -0.562. The first kappa shape index (κ1) is 40.3. The summed E-state index contributed by atoms with van der Waals surface area (Å²) in [5.41, 5.74) is 0. The summed E-state index contributed by atoms with van der Waals surface area (Å²) in [6.45, 7) is 1.44. The molecule has 1 saturated heterocycles. The van der Waals surface area contributed by atoms with Crippen molar-refractivity contribution >= 4 is 35.4 Å². The topological polar surface area (TPSA) is 209 Å². The molecule has 6 N–H and O–H groups in total. The van der Waals surface area contributed by atoms with Crippen LogP contribution in [0.3, 0.4) is 0 Å². The quantitative estimate of drug-likeness (QED) is 0.160. The Bertz CT molecular complexity index is 771. The van der Waals surface area contributed by atoms with Crippen LogP contribution in [0.1, 0.15) is 96.3 Å². The molecule has 1 rings (SSSR count). The second-order valence-corrected chi connectivity index (χ2v) is 10.3.